The summed E-state index contributed by atoms with van der Waals surface area (Å²) in [5.41, 5.74) is 2.48. The third-order valence-electron chi connectivity index (χ3n) is 3.69. The molecule has 3 heteroatoms. The highest BCUT2D eigenvalue weighted by molar-refractivity contribution is 8.00. The van der Waals surface area contributed by atoms with Gasteiger partial charge in [0.1, 0.15) is 0 Å². The summed E-state index contributed by atoms with van der Waals surface area (Å²) in [5, 5.41) is 0.196. The number of benzene rings is 2. The zero-order valence-electron chi connectivity index (χ0n) is 13.2. The van der Waals surface area contributed by atoms with Crippen molar-refractivity contribution in [2.45, 2.75) is 19.1 Å². The highest BCUT2D eigenvalue weighted by atomic mass is 32.2. The molecule has 0 atom stereocenters. The third kappa shape index (κ3) is 4.38. The van der Waals surface area contributed by atoms with Gasteiger partial charge < -0.3 is 4.90 Å². The summed E-state index contributed by atoms with van der Waals surface area (Å²) in [6.45, 7) is 5.60. The average molecular weight is 313 g/mol. The van der Waals surface area contributed by atoms with Crippen LogP contribution in [0.25, 0.3) is 0 Å². The van der Waals surface area contributed by atoms with E-state index >= 15 is 0 Å². The number of thioether (sulfide) groups is 1. The maximum absolute atomic E-state index is 12.3. The van der Waals surface area contributed by atoms with Gasteiger partial charge in [-0.3, -0.25) is 4.79 Å². The van der Waals surface area contributed by atoms with Gasteiger partial charge in [0.05, 0.1) is 11.0 Å². The molecule has 1 amide bonds. The predicted molar refractivity (Wildman–Crippen MR) is 95.1 cm³/mol. The molecule has 0 aliphatic carbocycles. The van der Waals surface area contributed by atoms with Crippen LogP contribution in [-0.4, -0.2) is 29.6 Å². The molecule has 0 radical (unpaired) electrons. The molecule has 2 nitrogen and oxygen atoms in total. The molecule has 0 aromatic heterocycles. The molecular formula is C19H23NOS. The zero-order valence-corrected chi connectivity index (χ0v) is 14.1. The van der Waals surface area contributed by atoms with Crippen LogP contribution in [-0.2, 0) is 4.79 Å². The average Bonchev–Trinajstić information content (AvgIpc) is 2.58. The Morgan fingerprint density at radius 2 is 1.36 bits per heavy atom. The van der Waals surface area contributed by atoms with Gasteiger partial charge in [-0.1, -0.05) is 60.7 Å². The molecule has 0 bridgehead atoms. The lowest BCUT2D eigenvalue weighted by Crippen LogP contribution is -2.32. The molecule has 2 aromatic carbocycles. The molecule has 2 aromatic rings. The molecule has 0 heterocycles. The molecule has 0 spiro atoms. The van der Waals surface area contributed by atoms with E-state index in [4.69, 9.17) is 0 Å². The molecule has 0 saturated heterocycles. The van der Waals surface area contributed by atoms with Crippen LogP contribution in [0.4, 0.5) is 0 Å². The Labute approximate surface area is 137 Å². The Hall–Kier alpha value is -1.74. The minimum Gasteiger partial charge on any atom is -0.343 e. The highest BCUT2D eigenvalue weighted by Crippen LogP contribution is 2.35. The van der Waals surface area contributed by atoms with Crippen molar-refractivity contribution in [3.8, 4) is 0 Å². The minimum atomic E-state index is 0.196. The van der Waals surface area contributed by atoms with E-state index in [9.17, 15) is 4.79 Å². The molecule has 0 fully saturated rings. The van der Waals surface area contributed by atoms with Gasteiger partial charge in [-0.05, 0) is 25.0 Å². The van der Waals surface area contributed by atoms with Gasteiger partial charge in [0, 0.05) is 13.1 Å². The Morgan fingerprint density at radius 3 is 1.77 bits per heavy atom. The van der Waals surface area contributed by atoms with Crippen LogP contribution in [0.15, 0.2) is 60.7 Å². The first-order valence-corrected chi connectivity index (χ1v) is 8.80. The van der Waals surface area contributed by atoms with Gasteiger partial charge in [-0.25, -0.2) is 0 Å². The van der Waals surface area contributed by atoms with Crippen LogP contribution in [0.2, 0.25) is 0 Å². The monoisotopic (exact) mass is 313 g/mol. The molecule has 2 rings (SSSR count). The van der Waals surface area contributed by atoms with Gasteiger partial charge in [0.2, 0.25) is 5.91 Å². The van der Waals surface area contributed by atoms with E-state index in [2.05, 4.69) is 48.5 Å². The number of hydrogen-bond acceptors (Lipinski definition) is 2. The second kappa shape index (κ2) is 8.64. The van der Waals surface area contributed by atoms with Crippen molar-refractivity contribution in [3.63, 3.8) is 0 Å². The van der Waals surface area contributed by atoms with Gasteiger partial charge in [0.15, 0.2) is 0 Å². The van der Waals surface area contributed by atoms with Crippen LogP contribution in [0.1, 0.15) is 30.2 Å². The van der Waals surface area contributed by atoms with E-state index in [0.29, 0.717) is 5.75 Å². The lowest BCUT2D eigenvalue weighted by atomic mass is 10.0. The standard InChI is InChI=1S/C19H23NOS/c1-3-20(4-2)18(21)15-22-19(16-11-7-5-8-12-16)17-13-9-6-10-14-17/h5-14,19H,3-4,15H2,1-2H3. The summed E-state index contributed by atoms with van der Waals surface area (Å²) >= 11 is 1.70. The Balaban J connectivity index is 2.15. The fourth-order valence-electron chi connectivity index (χ4n) is 2.46. The van der Waals surface area contributed by atoms with E-state index < -0.39 is 0 Å². The molecule has 0 aliphatic heterocycles. The topological polar surface area (TPSA) is 20.3 Å². The summed E-state index contributed by atoms with van der Waals surface area (Å²) in [7, 11) is 0. The first-order chi connectivity index (χ1) is 10.8. The van der Waals surface area contributed by atoms with Crippen LogP contribution in [0.3, 0.4) is 0 Å². The van der Waals surface area contributed by atoms with E-state index in [1.54, 1.807) is 11.8 Å². The van der Waals surface area contributed by atoms with Crippen molar-refractivity contribution in [1.29, 1.82) is 0 Å². The number of carbonyl (C=O) groups is 1. The van der Waals surface area contributed by atoms with Crippen molar-refractivity contribution >= 4 is 17.7 Å². The van der Waals surface area contributed by atoms with Crippen LogP contribution >= 0.6 is 11.8 Å². The Kier molecular flexibility index (Phi) is 6.53. The van der Waals surface area contributed by atoms with Crippen LogP contribution in [0, 0.1) is 0 Å². The molecule has 0 saturated carbocycles. The number of hydrogen-bond donors (Lipinski definition) is 0. The quantitative estimate of drug-likeness (QED) is 0.756. The van der Waals surface area contributed by atoms with E-state index in [1.165, 1.54) is 11.1 Å². The third-order valence-corrected chi connectivity index (χ3v) is 4.99. The molecule has 0 unspecified atom stereocenters. The Morgan fingerprint density at radius 1 is 0.909 bits per heavy atom. The number of amides is 1. The largest absolute Gasteiger partial charge is 0.343 e. The zero-order chi connectivity index (χ0) is 15.8. The maximum Gasteiger partial charge on any atom is 0.232 e. The van der Waals surface area contributed by atoms with Gasteiger partial charge in [-0.2, -0.15) is 0 Å². The lowest BCUT2D eigenvalue weighted by molar-refractivity contribution is -0.127. The summed E-state index contributed by atoms with van der Waals surface area (Å²) in [5.74, 6) is 0.725. The molecule has 0 N–H and O–H groups in total. The van der Waals surface area contributed by atoms with Crippen LogP contribution in [0.5, 0.6) is 0 Å². The van der Waals surface area contributed by atoms with Crippen molar-refractivity contribution < 1.29 is 4.79 Å². The first kappa shape index (κ1) is 16.6. The van der Waals surface area contributed by atoms with Crippen molar-refractivity contribution in [2.24, 2.45) is 0 Å². The highest BCUT2D eigenvalue weighted by Gasteiger charge is 2.18. The second-order valence-corrected chi connectivity index (χ2v) is 6.17. The van der Waals surface area contributed by atoms with E-state index in [-0.39, 0.29) is 11.2 Å². The Bertz CT molecular complexity index is 527. The molecule has 22 heavy (non-hydrogen) atoms. The summed E-state index contributed by atoms with van der Waals surface area (Å²) < 4.78 is 0. The molecule has 0 aliphatic rings. The second-order valence-electron chi connectivity index (χ2n) is 5.08. The fourth-order valence-corrected chi connectivity index (χ4v) is 3.65. The summed E-state index contributed by atoms with van der Waals surface area (Å²) in [6.07, 6.45) is 0. The number of carbonyl (C=O) groups excluding carboxylic acids is 1. The predicted octanol–water partition coefficient (Wildman–Crippen LogP) is 4.38. The van der Waals surface area contributed by atoms with E-state index in [1.807, 2.05) is 30.9 Å². The van der Waals surface area contributed by atoms with Gasteiger partial charge in [-0.15, -0.1) is 11.8 Å². The lowest BCUT2D eigenvalue weighted by Gasteiger charge is -2.21. The molecular weight excluding hydrogens is 290 g/mol. The first-order valence-electron chi connectivity index (χ1n) is 7.75. The summed E-state index contributed by atoms with van der Waals surface area (Å²) in [4.78, 5) is 14.2. The summed E-state index contributed by atoms with van der Waals surface area (Å²) in [6, 6.07) is 20.8. The van der Waals surface area contributed by atoms with Crippen molar-refractivity contribution in [3.05, 3.63) is 71.8 Å². The normalized spacial score (nSPS) is 10.7. The van der Waals surface area contributed by atoms with Gasteiger partial charge >= 0.3 is 0 Å². The van der Waals surface area contributed by atoms with Gasteiger partial charge in [0.25, 0.3) is 0 Å². The smallest absolute Gasteiger partial charge is 0.232 e. The fraction of sp³-hybridized carbons (Fsp3) is 0.316. The number of nitrogens with zero attached hydrogens (tertiary/aromatic N) is 1. The van der Waals surface area contributed by atoms with E-state index in [0.717, 1.165) is 13.1 Å². The molecule has 116 valence electrons. The SMILES string of the molecule is CCN(CC)C(=O)CSC(c1ccccc1)c1ccccc1. The van der Waals surface area contributed by atoms with Crippen molar-refractivity contribution in [1.82, 2.24) is 4.90 Å². The van der Waals surface area contributed by atoms with Crippen molar-refractivity contribution in [2.75, 3.05) is 18.8 Å². The maximum atomic E-state index is 12.3. The minimum absolute atomic E-state index is 0.196. The number of rotatable bonds is 7. The van der Waals surface area contributed by atoms with Crippen LogP contribution < -0.4 is 0 Å².